The number of likely N-dealkylation sites (N-methyl/N-ethyl adjacent to an activating group) is 1. The molecule has 0 spiro atoms. The van der Waals surface area contributed by atoms with Crippen molar-refractivity contribution in [3.8, 4) is 11.8 Å². The van der Waals surface area contributed by atoms with Gasteiger partial charge in [-0.15, -0.1) is 0 Å². The highest BCUT2D eigenvalue weighted by Gasteiger charge is 2.28. The summed E-state index contributed by atoms with van der Waals surface area (Å²) in [5, 5.41) is 12.1. The van der Waals surface area contributed by atoms with Gasteiger partial charge >= 0.3 is 0 Å². The van der Waals surface area contributed by atoms with Crippen LogP contribution in [0.3, 0.4) is 0 Å². The average Bonchev–Trinajstić information content (AvgIpc) is 3.27. The van der Waals surface area contributed by atoms with E-state index in [0.717, 1.165) is 50.5 Å². The maximum absolute atomic E-state index is 8.84. The van der Waals surface area contributed by atoms with Crippen LogP contribution in [0.4, 0.5) is 11.5 Å². The first-order valence-electron chi connectivity index (χ1n) is 10.3. The number of nitrogens with one attached hydrogen (secondary N) is 3. The maximum atomic E-state index is 8.84. The Kier molecular flexibility index (Phi) is 6.28. The lowest BCUT2D eigenvalue weighted by Crippen LogP contribution is -2.46. The molecule has 158 valence electrons. The molecule has 1 aromatic carbocycles. The Morgan fingerprint density at radius 1 is 1.20 bits per heavy atom. The molecule has 9 heteroatoms. The summed E-state index contributed by atoms with van der Waals surface area (Å²) in [5.41, 5.74) is 9.23. The highest BCUT2D eigenvalue weighted by Crippen LogP contribution is 2.34. The Hall–Kier alpha value is -2.93. The standard InChI is InChI=1S/C21H28N8O/c1-3-28-6-8-29(9-7-28)16-4-5-17(19(10-16)30-2)18-11-20(27-26-18)25-21-14-23-15(12-22)13-24-21/h4-5,10,13-14,18,20,26-27H,3,6-9,11H2,1-2H3,(H,24,25). The fourth-order valence-corrected chi connectivity index (χ4v) is 4.00. The van der Waals surface area contributed by atoms with Crippen molar-refractivity contribution < 1.29 is 4.74 Å². The number of hydrogen-bond acceptors (Lipinski definition) is 9. The molecular formula is C21H28N8O. The SMILES string of the molecule is CCN1CCN(c2ccc(C3CC(Nc4cnc(C#N)cn4)NN3)c(OC)c2)CC1. The molecule has 2 atom stereocenters. The van der Waals surface area contributed by atoms with Crippen molar-refractivity contribution in [1.29, 1.82) is 5.26 Å². The number of hydrazine groups is 1. The van der Waals surface area contributed by atoms with E-state index in [1.165, 1.54) is 11.9 Å². The van der Waals surface area contributed by atoms with Crippen molar-refractivity contribution in [3.05, 3.63) is 41.9 Å². The number of benzene rings is 1. The van der Waals surface area contributed by atoms with E-state index in [2.05, 4.69) is 61.1 Å². The van der Waals surface area contributed by atoms with Crippen LogP contribution < -0.4 is 25.8 Å². The van der Waals surface area contributed by atoms with Gasteiger partial charge in [-0.1, -0.05) is 13.0 Å². The van der Waals surface area contributed by atoms with Gasteiger partial charge in [-0.3, -0.25) is 0 Å². The molecule has 1 aromatic heterocycles. The van der Waals surface area contributed by atoms with E-state index in [-0.39, 0.29) is 12.2 Å². The molecule has 0 bridgehead atoms. The zero-order chi connectivity index (χ0) is 20.9. The summed E-state index contributed by atoms with van der Waals surface area (Å²) in [6, 6.07) is 8.57. The minimum absolute atomic E-state index is 0.0104. The zero-order valence-corrected chi connectivity index (χ0v) is 17.4. The summed E-state index contributed by atoms with van der Waals surface area (Å²) in [6.07, 6.45) is 3.83. The van der Waals surface area contributed by atoms with Crippen molar-refractivity contribution in [2.75, 3.05) is 50.1 Å². The number of methoxy groups -OCH3 is 1. The second-order valence-electron chi connectivity index (χ2n) is 7.52. The third kappa shape index (κ3) is 4.46. The number of nitriles is 1. The monoisotopic (exact) mass is 408 g/mol. The minimum Gasteiger partial charge on any atom is -0.496 e. The molecule has 2 fully saturated rings. The summed E-state index contributed by atoms with van der Waals surface area (Å²) < 4.78 is 5.73. The van der Waals surface area contributed by atoms with E-state index in [1.54, 1.807) is 13.3 Å². The Morgan fingerprint density at radius 3 is 2.70 bits per heavy atom. The Bertz CT molecular complexity index is 889. The minimum atomic E-state index is -0.0104. The number of ether oxygens (including phenoxy) is 1. The van der Waals surface area contributed by atoms with Gasteiger partial charge in [0.15, 0.2) is 5.69 Å². The van der Waals surface area contributed by atoms with E-state index in [9.17, 15) is 0 Å². The highest BCUT2D eigenvalue weighted by molar-refractivity contribution is 5.55. The summed E-state index contributed by atoms with van der Waals surface area (Å²) in [4.78, 5) is 13.2. The molecule has 3 N–H and O–H groups in total. The molecule has 9 nitrogen and oxygen atoms in total. The number of hydrogen-bond donors (Lipinski definition) is 3. The van der Waals surface area contributed by atoms with Crippen LogP contribution in [-0.4, -0.2) is 60.9 Å². The number of aromatic nitrogens is 2. The maximum Gasteiger partial charge on any atom is 0.158 e. The third-order valence-corrected chi connectivity index (χ3v) is 5.77. The van der Waals surface area contributed by atoms with Crippen LogP contribution >= 0.6 is 0 Å². The number of anilines is 2. The van der Waals surface area contributed by atoms with E-state index in [1.807, 2.05) is 6.07 Å². The molecule has 2 aliphatic heterocycles. The van der Waals surface area contributed by atoms with Crippen LogP contribution in [0, 0.1) is 11.3 Å². The molecule has 0 aliphatic carbocycles. The summed E-state index contributed by atoms with van der Waals surface area (Å²) >= 11 is 0. The molecule has 30 heavy (non-hydrogen) atoms. The predicted octanol–water partition coefficient (Wildman–Crippen LogP) is 1.48. The van der Waals surface area contributed by atoms with E-state index < -0.39 is 0 Å². The van der Waals surface area contributed by atoms with Crippen LogP contribution in [0.2, 0.25) is 0 Å². The first-order valence-corrected chi connectivity index (χ1v) is 10.3. The summed E-state index contributed by atoms with van der Waals surface area (Å²) in [6.45, 7) is 7.60. The first-order chi connectivity index (χ1) is 14.7. The Morgan fingerprint density at radius 2 is 2.03 bits per heavy atom. The van der Waals surface area contributed by atoms with Gasteiger partial charge < -0.3 is 19.9 Å². The molecule has 2 saturated heterocycles. The summed E-state index contributed by atoms with van der Waals surface area (Å²) in [5.74, 6) is 1.52. The topological polar surface area (TPSA) is 101 Å². The third-order valence-electron chi connectivity index (χ3n) is 5.77. The molecule has 3 heterocycles. The van der Waals surface area contributed by atoms with Crippen molar-refractivity contribution in [2.24, 2.45) is 0 Å². The summed E-state index contributed by atoms with van der Waals surface area (Å²) in [7, 11) is 1.72. The van der Waals surface area contributed by atoms with Gasteiger partial charge in [0.1, 0.15) is 17.6 Å². The predicted molar refractivity (Wildman–Crippen MR) is 115 cm³/mol. The van der Waals surface area contributed by atoms with Gasteiger partial charge in [-0.05, 0) is 12.6 Å². The Balaban J connectivity index is 1.40. The number of piperazine rings is 1. The Labute approximate surface area is 177 Å². The average molecular weight is 409 g/mol. The molecule has 0 radical (unpaired) electrons. The number of nitrogens with zero attached hydrogens (tertiary/aromatic N) is 5. The highest BCUT2D eigenvalue weighted by atomic mass is 16.5. The lowest BCUT2D eigenvalue weighted by molar-refractivity contribution is 0.271. The lowest BCUT2D eigenvalue weighted by Gasteiger charge is -2.35. The van der Waals surface area contributed by atoms with Crippen LogP contribution in [0.1, 0.15) is 30.6 Å². The van der Waals surface area contributed by atoms with Crippen LogP contribution in [0.5, 0.6) is 5.75 Å². The van der Waals surface area contributed by atoms with Crippen LogP contribution in [-0.2, 0) is 0 Å². The molecular weight excluding hydrogens is 380 g/mol. The van der Waals surface area contributed by atoms with Crippen molar-refractivity contribution in [3.63, 3.8) is 0 Å². The molecule has 4 rings (SSSR count). The smallest absolute Gasteiger partial charge is 0.158 e. The molecule has 2 unspecified atom stereocenters. The zero-order valence-electron chi connectivity index (χ0n) is 17.4. The molecule has 0 saturated carbocycles. The van der Waals surface area contributed by atoms with Crippen LogP contribution in [0.15, 0.2) is 30.6 Å². The fraction of sp³-hybridized carbons (Fsp3) is 0.476. The molecule has 2 aromatic rings. The normalized spacial score (nSPS) is 22.0. The van der Waals surface area contributed by atoms with Gasteiger partial charge in [0.25, 0.3) is 0 Å². The quantitative estimate of drug-likeness (QED) is 0.656. The van der Waals surface area contributed by atoms with E-state index >= 15 is 0 Å². The van der Waals surface area contributed by atoms with Gasteiger partial charge in [-0.25, -0.2) is 20.8 Å². The molecule has 2 aliphatic rings. The van der Waals surface area contributed by atoms with Crippen LogP contribution in [0.25, 0.3) is 0 Å². The number of rotatable bonds is 6. The van der Waals surface area contributed by atoms with Gasteiger partial charge in [0.05, 0.1) is 31.7 Å². The fourth-order valence-electron chi connectivity index (χ4n) is 4.00. The lowest BCUT2D eigenvalue weighted by atomic mass is 10.0. The second-order valence-corrected chi connectivity index (χ2v) is 7.52. The van der Waals surface area contributed by atoms with Crippen molar-refractivity contribution in [2.45, 2.75) is 25.6 Å². The molecule has 0 amide bonds. The van der Waals surface area contributed by atoms with E-state index in [4.69, 9.17) is 10.00 Å². The second kappa shape index (κ2) is 9.26. The van der Waals surface area contributed by atoms with Crippen molar-refractivity contribution >= 4 is 11.5 Å². The largest absolute Gasteiger partial charge is 0.496 e. The van der Waals surface area contributed by atoms with Gasteiger partial charge in [-0.2, -0.15) is 5.26 Å². The van der Waals surface area contributed by atoms with Crippen molar-refractivity contribution in [1.82, 2.24) is 25.7 Å². The first kappa shape index (κ1) is 20.3. The van der Waals surface area contributed by atoms with E-state index in [0.29, 0.717) is 11.5 Å². The van der Waals surface area contributed by atoms with Gasteiger partial charge in [0.2, 0.25) is 0 Å². The van der Waals surface area contributed by atoms with Gasteiger partial charge in [0, 0.05) is 49.9 Å².